The third-order valence-electron chi connectivity index (χ3n) is 9.71. The molecule has 0 fully saturated rings. The largest absolute Gasteiger partial charge is 0.606 e. The lowest BCUT2D eigenvalue weighted by molar-refractivity contribution is 0.593. The summed E-state index contributed by atoms with van der Waals surface area (Å²) in [5.74, 6) is 0. The third-order valence-corrected chi connectivity index (χ3v) is 12.8. The molecule has 248 valence electrons. The second kappa shape index (κ2) is 12.0. The number of hydrogen-bond donors (Lipinski definition) is 0. The molecule has 7 aromatic carbocycles. The van der Waals surface area contributed by atoms with Crippen molar-refractivity contribution in [1.82, 2.24) is 9.13 Å². The van der Waals surface area contributed by atoms with Gasteiger partial charge in [-0.05, 0) is 80.6 Å². The molecule has 2 aromatic heterocycles. The molecule has 0 radical (unpaired) electrons. The fourth-order valence-electron chi connectivity index (χ4n) is 7.18. The lowest BCUT2D eigenvalue weighted by Gasteiger charge is -2.16. The van der Waals surface area contributed by atoms with E-state index in [0.717, 1.165) is 49.7 Å². The molecule has 0 spiro atoms. The number of nitrogens with zero attached hydrogens (tertiary/aromatic N) is 2. The van der Waals surface area contributed by atoms with Gasteiger partial charge in [0.2, 0.25) is 9.84 Å². The second-order valence-electron chi connectivity index (χ2n) is 13.0. The highest BCUT2D eigenvalue weighted by Crippen LogP contribution is 2.38. The Morgan fingerprint density at radius 1 is 0.451 bits per heavy atom. The van der Waals surface area contributed by atoms with Gasteiger partial charge in [-0.3, -0.25) is 0 Å². The Morgan fingerprint density at radius 3 is 1.53 bits per heavy atom. The smallest absolute Gasteiger partial charge is 0.206 e. The minimum atomic E-state index is -3.95. The van der Waals surface area contributed by atoms with Crippen LogP contribution in [0.4, 0.5) is 0 Å². The van der Waals surface area contributed by atoms with Crippen molar-refractivity contribution in [3.8, 4) is 11.4 Å². The molecule has 9 aromatic rings. The Balaban J connectivity index is 1.29. The molecule has 9 rings (SSSR count). The molecule has 5 nitrogen and oxygen atoms in total. The van der Waals surface area contributed by atoms with Gasteiger partial charge in [0.25, 0.3) is 0 Å². The summed E-state index contributed by atoms with van der Waals surface area (Å²) in [5, 5.41) is 4.44. The monoisotopic (exact) mass is 700 g/mol. The first-order valence-corrected chi connectivity index (χ1v) is 19.4. The Morgan fingerprint density at radius 2 is 0.941 bits per heavy atom. The van der Waals surface area contributed by atoms with Crippen LogP contribution in [-0.2, 0) is 21.0 Å². The number of aromatic nitrogens is 2. The molecule has 0 aliphatic heterocycles. The molecule has 0 bridgehead atoms. The van der Waals surface area contributed by atoms with E-state index in [1.165, 1.54) is 10.8 Å². The normalized spacial score (nSPS) is 12.7. The zero-order valence-electron chi connectivity index (χ0n) is 27.9. The number of benzene rings is 7. The van der Waals surface area contributed by atoms with Crippen molar-refractivity contribution in [3.05, 3.63) is 169 Å². The van der Waals surface area contributed by atoms with E-state index in [1.807, 2.05) is 62.4 Å². The topological polar surface area (TPSA) is 67.1 Å². The van der Waals surface area contributed by atoms with Gasteiger partial charge in [0, 0.05) is 50.5 Å². The van der Waals surface area contributed by atoms with E-state index >= 15 is 0 Å². The van der Waals surface area contributed by atoms with Crippen molar-refractivity contribution in [1.29, 1.82) is 0 Å². The van der Waals surface area contributed by atoms with Crippen LogP contribution in [0.5, 0.6) is 0 Å². The minimum Gasteiger partial charge on any atom is -0.606 e. The molecule has 0 aliphatic rings. The fraction of sp³-hybridized carbons (Fsp3) is 0.0455. The predicted molar refractivity (Wildman–Crippen MR) is 208 cm³/mol. The van der Waals surface area contributed by atoms with Gasteiger partial charge in [-0.15, -0.1) is 0 Å². The van der Waals surface area contributed by atoms with Crippen LogP contribution < -0.4 is 0 Å². The average molecular weight is 701 g/mol. The highest BCUT2D eigenvalue weighted by Gasteiger charge is 2.26. The minimum absolute atomic E-state index is 0.0900. The average Bonchev–Trinajstić information content (AvgIpc) is 3.67. The predicted octanol–water partition coefficient (Wildman–Crippen LogP) is 10.5. The fourth-order valence-corrected chi connectivity index (χ4v) is 9.69. The van der Waals surface area contributed by atoms with Gasteiger partial charge in [-0.25, -0.2) is 8.42 Å². The Labute approximate surface area is 299 Å². The van der Waals surface area contributed by atoms with Crippen LogP contribution in [0.3, 0.4) is 0 Å². The van der Waals surface area contributed by atoms with Crippen LogP contribution in [0.25, 0.3) is 55.0 Å². The first-order valence-electron chi connectivity index (χ1n) is 16.8. The van der Waals surface area contributed by atoms with Gasteiger partial charge in [0.1, 0.15) is 0 Å². The number of sulfone groups is 1. The summed E-state index contributed by atoms with van der Waals surface area (Å²) in [5.41, 5.74) is 7.75. The van der Waals surface area contributed by atoms with Crippen molar-refractivity contribution < 1.29 is 13.0 Å². The third kappa shape index (κ3) is 5.16. The van der Waals surface area contributed by atoms with Crippen molar-refractivity contribution in [2.75, 3.05) is 0 Å². The zero-order valence-corrected chi connectivity index (χ0v) is 29.6. The lowest BCUT2D eigenvalue weighted by Crippen LogP contribution is -2.09. The molecule has 2 heterocycles. The number of para-hydroxylation sites is 3. The first-order chi connectivity index (χ1) is 24.8. The standard InChI is InChI=1S/C44H32N2O3S2/c1-29-15-20-33(21-16-29)50(47)34-25-32(26-36(28-34)51(48,49)35-22-17-30(2)18-23-35)46-43-14-8-5-11-39(43)40-27-31(19-24-44(40)46)45-41-12-6-3-9-37(41)38-10-4-7-13-42(38)45/h3-28H,1-2H3. The molecule has 1 unspecified atom stereocenters. The summed E-state index contributed by atoms with van der Waals surface area (Å²) < 4.78 is 47.0. The van der Waals surface area contributed by atoms with Crippen LogP contribution in [0.1, 0.15) is 11.1 Å². The number of hydrogen-bond acceptors (Lipinski definition) is 3. The van der Waals surface area contributed by atoms with Crippen LogP contribution in [0.2, 0.25) is 0 Å². The summed E-state index contributed by atoms with van der Waals surface area (Å²) in [7, 11) is -3.95. The number of fused-ring (bicyclic) bond motifs is 6. The molecule has 0 N–H and O–H groups in total. The second-order valence-corrected chi connectivity index (χ2v) is 16.4. The van der Waals surface area contributed by atoms with E-state index in [9.17, 15) is 13.0 Å². The molecule has 51 heavy (non-hydrogen) atoms. The highest BCUT2D eigenvalue weighted by molar-refractivity contribution is 7.92. The molecule has 0 aliphatic carbocycles. The van der Waals surface area contributed by atoms with Crippen molar-refractivity contribution in [2.45, 2.75) is 33.4 Å². The Hall–Kier alpha value is -5.60. The summed E-state index contributed by atoms with van der Waals surface area (Å²) in [6, 6.07) is 51.0. The van der Waals surface area contributed by atoms with Crippen molar-refractivity contribution >= 4 is 64.6 Å². The molecule has 1 atom stereocenters. The van der Waals surface area contributed by atoms with Gasteiger partial charge in [0.15, 0.2) is 9.79 Å². The summed E-state index contributed by atoms with van der Waals surface area (Å²) in [4.78, 5) is 1.30. The SMILES string of the molecule is Cc1ccc([S+]([O-])c2cc(-n3c4ccccc4c4cc(-n5c6ccccc6c6ccccc65)ccc43)cc(S(=O)(=O)c3ccc(C)cc3)c2)cc1. The Kier molecular flexibility index (Phi) is 7.40. The van der Waals surface area contributed by atoms with Gasteiger partial charge in [-0.1, -0.05) is 90.0 Å². The maximum atomic E-state index is 14.2. The van der Waals surface area contributed by atoms with E-state index in [-0.39, 0.29) is 9.79 Å². The maximum Gasteiger partial charge on any atom is 0.206 e. The molecule has 7 heteroatoms. The van der Waals surface area contributed by atoms with Gasteiger partial charge in [-0.2, -0.15) is 0 Å². The van der Waals surface area contributed by atoms with Crippen LogP contribution in [0.15, 0.2) is 177 Å². The molecule has 0 saturated carbocycles. The highest BCUT2D eigenvalue weighted by atomic mass is 32.2. The molecule has 0 saturated heterocycles. The van der Waals surface area contributed by atoms with E-state index in [0.29, 0.717) is 15.5 Å². The van der Waals surface area contributed by atoms with Gasteiger partial charge in [0.05, 0.1) is 37.5 Å². The van der Waals surface area contributed by atoms with E-state index in [4.69, 9.17) is 0 Å². The van der Waals surface area contributed by atoms with Crippen molar-refractivity contribution in [3.63, 3.8) is 0 Å². The first kappa shape index (κ1) is 31.4. The number of rotatable bonds is 6. The van der Waals surface area contributed by atoms with Gasteiger partial charge < -0.3 is 13.7 Å². The lowest BCUT2D eigenvalue weighted by atomic mass is 10.1. The van der Waals surface area contributed by atoms with E-state index in [2.05, 4.69) is 81.9 Å². The zero-order chi connectivity index (χ0) is 34.9. The van der Waals surface area contributed by atoms with E-state index in [1.54, 1.807) is 36.4 Å². The maximum absolute atomic E-state index is 14.2. The molecular formula is C44H32N2O3S2. The van der Waals surface area contributed by atoms with E-state index < -0.39 is 21.0 Å². The molecule has 0 amide bonds. The summed E-state index contributed by atoms with van der Waals surface area (Å²) >= 11 is -1.63. The van der Waals surface area contributed by atoms with Crippen LogP contribution in [0, 0.1) is 13.8 Å². The summed E-state index contributed by atoms with van der Waals surface area (Å²) in [6.07, 6.45) is 0. The van der Waals surface area contributed by atoms with Gasteiger partial charge >= 0.3 is 0 Å². The van der Waals surface area contributed by atoms with Crippen LogP contribution in [-0.4, -0.2) is 22.1 Å². The summed E-state index contributed by atoms with van der Waals surface area (Å²) in [6.45, 7) is 3.91. The molecular weight excluding hydrogens is 669 g/mol. The quantitative estimate of drug-likeness (QED) is 0.162. The number of aryl methyl sites for hydroxylation is 2. The Bertz CT molecular complexity index is 2850. The van der Waals surface area contributed by atoms with Crippen LogP contribution >= 0.6 is 0 Å². The van der Waals surface area contributed by atoms with Crippen molar-refractivity contribution in [2.24, 2.45) is 0 Å².